The summed E-state index contributed by atoms with van der Waals surface area (Å²) in [5, 5.41) is 3.21. The molecule has 10 heteroatoms. The van der Waals surface area contributed by atoms with Gasteiger partial charge in [-0.05, 0) is 73.4 Å². The number of carbonyl (C=O) groups excluding carboxylic acids is 2. The predicted octanol–water partition coefficient (Wildman–Crippen LogP) is 5.32. The van der Waals surface area contributed by atoms with Gasteiger partial charge in [-0.3, -0.25) is 13.9 Å². The standard InChI is InChI=1S/C29H33ClFN3O4S/c1-4-18-32-29(36)26(5-2)33(19-22-10-14-24(31)15-11-22)28(35)20-34(27-9-7-6-8-21(27)3)39(37,38)25-16-12-23(30)13-17-25/h6-17,26H,4-5,18-20H2,1-3H3,(H,32,36)/t26-/m0/s1. The van der Waals surface area contributed by atoms with Crippen molar-refractivity contribution in [3.63, 3.8) is 0 Å². The Bertz CT molecular complexity index is 1380. The first-order valence-electron chi connectivity index (χ1n) is 12.7. The summed E-state index contributed by atoms with van der Waals surface area (Å²) < 4.78 is 42.3. The smallest absolute Gasteiger partial charge is 0.264 e. The molecule has 0 aromatic heterocycles. The number of para-hydroxylation sites is 1. The SMILES string of the molecule is CCCNC(=O)[C@H](CC)N(Cc1ccc(F)cc1)C(=O)CN(c1ccccc1C)S(=O)(=O)c1ccc(Cl)cc1. The third kappa shape index (κ3) is 7.58. The van der Waals surface area contributed by atoms with Crippen molar-refractivity contribution in [2.75, 3.05) is 17.4 Å². The van der Waals surface area contributed by atoms with Crippen LogP contribution in [0.3, 0.4) is 0 Å². The lowest BCUT2D eigenvalue weighted by Crippen LogP contribution is -2.52. The van der Waals surface area contributed by atoms with Crippen molar-refractivity contribution in [3.8, 4) is 0 Å². The van der Waals surface area contributed by atoms with Crippen molar-refractivity contribution in [3.05, 3.63) is 94.8 Å². The normalized spacial score (nSPS) is 12.0. The second-order valence-corrected chi connectivity index (χ2v) is 11.4. The van der Waals surface area contributed by atoms with Gasteiger partial charge in [0.25, 0.3) is 10.0 Å². The van der Waals surface area contributed by atoms with E-state index in [1.165, 1.54) is 53.4 Å². The fourth-order valence-corrected chi connectivity index (χ4v) is 5.77. The summed E-state index contributed by atoms with van der Waals surface area (Å²) in [6.45, 7) is 5.35. The molecule has 3 rings (SSSR count). The van der Waals surface area contributed by atoms with Crippen molar-refractivity contribution in [1.29, 1.82) is 0 Å². The van der Waals surface area contributed by atoms with E-state index in [9.17, 15) is 22.4 Å². The molecule has 0 unspecified atom stereocenters. The fraction of sp³-hybridized carbons (Fsp3) is 0.310. The quantitative estimate of drug-likeness (QED) is 0.318. The monoisotopic (exact) mass is 573 g/mol. The first-order chi connectivity index (χ1) is 18.6. The number of amides is 2. The van der Waals surface area contributed by atoms with Gasteiger partial charge in [0.05, 0.1) is 10.6 Å². The van der Waals surface area contributed by atoms with Crippen LogP contribution in [0, 0.1) is 12.7 Å². The van der Waals surface area contributed by atoms with E-state index >= 15 is 0 Å². The molecule has 2 amide bonds. The number of hydrogen-bond donors (Lipinski definition) is 1. The van der Waals surface area contributed by atoms with Crippen LogP contribution in [0.2, 0.25) is 5.02 Å². The minimum atomic E-state index is -4.19. The van der Waals surface area contributed by atoms with Crippen LogP contribution >= 0.6 is 11.6 Å². The number of nitrogens with one attached hydrogen (secondary N) is 1. The average Bonchev–Trinajstić information content (AvgIpc) is 2.92. The lowest BCUT2D eigenvalue weighted by molar-refractivity contribution is -0.140. The van der Waals surface area contributed by atoms with Crippen LogP contribution in [0.4, 0.5) is 10.1 Å². The minimum Gasteiger partial charge on any atom is -0.354 e. The van der Waals surface area contributed by atoms with Crippen LogP contribution in [-0.4, -0.2) is 44.3 Å². The second kappa shape index (κ2) is 13.6. The molecule has 208 valence electrons. The van der Waals surface area contributed by atoms with Crippen molar-refractivity contribution < 1.29 is 22.4 Å². The molecule has 1 atom stereocenters. The van der Waals surface area contributed by atoms with Crippen molar-refractivity contribution in [2.24, 2.45) is 0 Å². The summed E-state index contributed by atoms with van der Waals surface area (Å²) in [6, 6.07) is 17.3. The Hall–Kier alpha value is -3.43. The van der Waals surface area contributed by atoms with E-state index in [0.29, 0.717) is 41.2 Å². The number of benzene rings is 3. The summed E-state index contributed by atoms with van der Waals surface area (Å²) in [4.78, 5) is 28.4. The van der Waals surface area contributed by atoms with E-state index in [4.69, 9.17) is 11.6 Å². The Balaban J connectivity index is 2.05. The van der Waals surface area contributed by atoms with Crippen LogP contribution in [0.25, 0.3) is 0 Å². The molecular formula is C29H33ClFN3O4S. The molecule has 3 aromatic rings. The number of aryl methyl sites for hydroxylation is 1. The number of carbonyl (C=O) groups is 2. The molecule has 0 radical (unpaired) electrons. The Morgan fingerprint density at radius 2 is 1.62 bits per heavy atom. The second-order valence-electron chi connectivity index (χ2n) is 9.12. The maximum atomic E-state index is 14.0. The van der Waals surface area contributed by atoms with Gasteiger partial charge in [-0.1, -0.05) is 55.8 Å². The van der Waals surface area contributed by atoms with Crippen LogP contribution < -0.4 is 9.62 Å². The third-order valence-corrected chi connectivity index (χ3v) is 8.29. The van der Waals surface area contributed by atoms with Gasteiger partial charge in [-0.2, -0.15) is 0 Å². The van der Waals surface area contributed by atoms with Crippen molar-refractivity contribution in [1.82, 2.24) is 10.2 Å². The molecule has 1 N–H and O–H groups in total. The molecule has 0 saturated carbocycles. The molecule has 0 fully saturated rings. The fourth-order valence-electron chi connectivity index (χ4n) is 4.16. The van der Waals surface area contributed by atoms with E-state index in [1.807, 2.05) is 6.92 Å². The minimum absolute atomic E-state index is 0.000229. The molecule has 0 spiro atoms. The van der Waals surface area contributed by atoms with Gasteiger partial charge in [-0.15, -0.1) is 0 Å². The largest absolute Gasteiger partial charge is 0.354 e. The predicted molar refractivity (Wildman–Crippen MR) is 151 cm³/mol. The van der Waals surface area contributed by atoms with Crippen LogP contribution in [0.1, 0.15) is 37.8 Å². The molecule has 0 heterocycles. The maximum Gasteiger partial charge on any atom is 0.264 e. The molecule has 0 saturated heterocycles. The Morgan fingerprint density at radius 3 is 2.21 bits per heavy atom. The summed E-state index contributed by atoms with van der Waals surface area (Å²) >= 11 is 5.98. The summed E-state index contributed by atoms with van der Waals surface area (Å²) in [5.41, 5.74) is 1.60. The van der Waals surface area contributed by atoms with Gasteiger partial charge in [0.2, 0.25) is 11.8 Å². The van der Waals surface area contributed by atoms with Crippen LogP contribution in [-0.2, 0) is 26.2 Å². The number of nitrogens with zero attached hydrogens (tertiary/aromatic N) is 2. The van der Waals surface area contributed by atoms with Gasteiger partial charge >= 0.3 is 0 Å². The molecule has 0 bridgehead atoms. The van der Waals surface area contributed by atoms with Crippen molar-refractivity contribution >= 4 is 39.1 Å². The summed E-state index contributed by atoms with van der Waals surface area (Å²) in [6.07, 6.45) is 1.02. The Kier molecular flexibility index (Phi) is 10.5. The Labute approximate surface area is 234 Å². The van der Waals surface area contributed by atoms with Crippen LogP contribution in [0.15, 0.2) is 77.7 Å². The zero-order valence-electron chi connectivity index (χ0n) is 22.2. The highest BCUT2D eigenvalue weighted by Crippen LogP contribution is 2.28. The third-order valence-electron chi connectivity index (χ3n) is 6.27. The first-order valence-corrected chi connectivity index (χ1v) is 14.6. The highest BCUT2D eigenvalue weighted by atomic mass is 35.5. The van der Waals surface area contributed by atoms with Gasteiger partial charge in [0, 0.05) is 18.1 Å². The number of sulfonamides is 1. The molecule has 0 aliphatic rings. The van der Waals surface area contributed by atoms with E-state index in [0.717, 1.165) is 4.31 Å². The van der Waals surface area contributed by atoms with Crippen molar-refractivity contribution in [2.45, 2.75) is 51.1 Å². The van der Waals surface area contributed by atoms with E-state index in [2.05, 4.69) is 5.32 Å². The molecule has 7 nitrogen and oxygen atoms in total. The zero-order chi connectivity index (χ0) is 28.6. The Morgan fingerprint density at radius 1 is 0.974 bits per heavy atom. The number of hydrogen-bond acceptors (Lipinski definition) is 4. The highest BCUT2D eigenvalue weighted by molar-refractivity contribution is 7.92. The lowest BCUT2D eigenvalue weighted by atomic mass is 10.1. The molecular weight excluding hydrogens is 541 g/mol. The van der Waals surface area contributed by atoms with Gasteiger partial charge in [0.1, 0.15) is 18.4 Å². The van der Waals surface area contributed by atoms with Crippen LogP contribution in [0.5, 0.6) is 0 Å². The topological polar surface area (TPSA) is 86.8 Å². The van der Waals surface area contributed by atoms with Gasteiger partial charge in [0.15, 0.2) is 0 Å². The zero-order valence-corrected chi connectivity index (χ0v) is 23.8. The summed E-state index contributed by atoms with van der Waals surface area (Å²) in [7, 11) is -4.19. The summed E-state index contributed by atoms with van der Waals surface area (Å²) in [5.74, 6) is -1.33. The number of halogens is 2. The molecule has 39 heavy (non-hydrogen) atoms. The van der Waals surface area contributed by atoms with E-state index in [1.54, 1.807) is 38.1 Å². The average molecular weight is 574 g/mol. The van der Waals surface area contributed by atoms with E-state index in [-0.39, 0.29) is 17.3 Å². The molecule has 0 aliphatic heterocycles. The molecule has 0 aliphatic carbocycles. The van der Waals surface area contributed by atoms with Gasteiger partial charge in [-0.25, -0.2) is 12.8 Å². The first kappa shape index (κ1) is 30.1. The highest BCUT2D eigenvalue weighted by Gasteiger charge is 2.34. The van der Waals surface area contributed by atoms with E-state index < -0.39 is 34.3 Å². The maximum absolute atomic E-state index is 14.0. The lowest BCUT2D eigenvalue weighted by Gasteiger charge is -2.33. The molecule has 3 aromatic carbocycles. The number of rotatable bonds is 12. The number of anilines is 1. The van der Waals surface area contributed by atoms with Gasteiger partial charge < -0.3 is 10.2 Å².